The maximum absolute atomic E-state index is 10.4. The highest BCUT2D eigenvalue weighted by molar-refractivity contribution is 5.66. The second kappa shape index (κ2) is 19.9. The summed E-state index contributed by atoms with van der Waals surface area (Å²) in [7, 11) is 0. The number of aliphatic carboxylic acids is 1. The predicted molar refractivity (Wildman–Crippen MR) is 113 cm³/mol. The fourth-order valence-corrected chi connectivity index (χ4v) is 3.23. The Morgan fingerprint density at radius 1 is 0.741 bits per heavy atom. The highest BCUT2D eigenvalue weighted by atomic mass is 16.4. The third-order valence-electron chi connectivity index (χ3n) is 5.06. The molecule has 0 aliphatic rings. The van der Waals surface area contributed by atoms with E-state index in [4.69, 9.17) is 5.11 Å². The standard InChI is InChI=1S/C23H44O4/c1-2-3-4-10-13-16-21(24)19-20-22(25)17-14-11-8-6-5-7-9-12-15-18-23(26)27/h10,13,21-22,24-25H,2-9,11-12,14-20H2,1H3,(H,26,27). The molecule has 3 N–H and O–H groups in total. The van der Waals surface area contributed by atoms with Crippen LogP contribution in [0, 0.1) is 0 Å². The Morgan fingerprint density at radius 3 is 1.89 bits per heavy atom. The summed E-state index contributed by atoms with van der Waals surface area (Å²) in [6, 6.07) is 0. The summed E-state index contributed by atoms with van der Waals surface area (Å²) in [6.07, 6.45) is 20.4. The average Bonchev–Trinajstić information content (AvgIpc) is 2.64. The van der Waals surface area contributed by atoms with Gasteiger partial charge in [-0.25, -0.2) is 0 Å². The van der Waals surface area contributed by atoms with Gasteiger partial charge in [0.1, 0.15) is 0 Å². The smallest absolute Gasteiger partial charge is 0.303 e. The van der Waals surface area contributed by atoms with Crippen molar-refractivity contribution >= 4 is 5.97 Å². The first-order chi connectivity index (χ1) is 13.1. The van der Waals surface area contributed by atoms with Crippen LogP contribution in [0.2, 0.25) is 0 Å². The number of hydrogen-bond acceptors (Lipinski definition) is 3. The molecule has 0 aliphatic carbocycles. The van der Waals surface area contributed by atoms with Gasteiger partial charge in [0.15, 0.2) is 0 Å². The van der Waals surface area contributed by atoms with Gasteiger partial charge in [-0.2, -0.15) is 0 Å². The topological polar surface area (TPSA) is 77.8 Å². The molecule has 0 saturated carbocycles. The minimum absolute atomic E-state index is 0.280. The quantitative estimate of drug-likeness (QED) is 0.178. The van der Waals surface area contributed by atoms with E-state index < -0.39 is 5.97 Å². The number of aliphatic hydroxyl groups excluding tert-OH is 2. The van der Waals surface area contributed by atoms with Gasteiger partial charge in [-0.15, -0.1) is 0 Å². The molecule has 4 nitrogen and oxygen atoms in total. The Balaban J connectivity index is 3.35. The number of carboxylic acids is 1. The summed E-state index contributed by atoms with van der Waals surface area (Å²) in [4.78, 5) is 10.4. The van der Waals surface area contributed by atoms with Crippen molar-refractivity contribution in [1.29, 1.82) is 0 Å². The summed E-state index contributed by atoms with van der Waals surface area (Å²) in [5, 5.41) is 28.5. The van der Waals surface area contributed by atoms with Crippen LogP contribution in [0.3, 0.4) is 0 Å². The Hall–Kier alpha value is -0.870. The van der Waals surface area contributed by atoms with Crippen molar-refractivity contribution in [2.45, 2.75) is 128 Å². The summed E-state index contributed by atoms with van der Waals surface area (Å²) in [6.45, 7) is 2.18. The Kier molecular flexibility index (Phi) is 19.2. The van der Waals surface area contributed by atoms with Crippen LogP contribution >= 0.6 is 0 Å². The van der Waals surface area contributed by atoms with Gasteiger partial charge in [0, 0.05) is 6.42 Å². The van der Waals surface area contributed by atoms with Gasteiger partial charge >= 0.3 is 5.97 Å². The Labute approximate surface area is 167 Å². The molecule has 2 atom stereocenters. The lowest BCUT2D eigenvalue weighted by atomic mass is 10.0. The second-order valence-electron chi connectivity index (χ2n) is 7.85. The van der Waals surface area contributed by atoms with Gasteiger partial charge in [-0.3, -0.25) is 4.79 Å². The molecule has 0 aromatic carbocycles. The molecular weight excluding hydrogens is 340 g/mol. The maximum Gasteiger partial charge on any atom is 0.303 e. The second-order valence-corrected chi connectivity index (χ2v) is 7.85. The summed E-state index contributed by atoms with van der Waals surface area (Å²) < 4.78 is 0. The van der Waals surface area contributed by atoms with Gasteiger partial charge < -0.3 is 15.3 Å². The highest BCUT2D eigenvalue weighted by Crippen LogP contribution is 2.14. The number of carbonyl (C=O) groups is 1. The molecule has 27 heavy (non-hydrogen) atoms. The Morgan fingerprint density at radius 2 is 1.30 bits per heavy atom. The minimum Gasteiger partial charge on any atom is -0.481 e. The number of unbranched alkanes of at least 4 members (excludes halogenated alkanes) is 10. The van der Waals surface area contributed by atoms with Crippen molar-refractivity contribution in [3.8, 4) is 0 Å². The van der Waals surface area contributed by atoms with Gasteiger partial charge in [-0.1, -0.05) is 83.3 Å². The first-order valence-electron chi connectivity index (χ1n) is 11.3. The van der Waals surface area contributed by atoms with Gasteiger partial charge in [0.05, 0.1) is 12.2 Å². The summed E-state index contributed by atoms with van der Waals surface area (Å²) in [5.41, 5.74) is 0. The van der Waals surface area contributed by atoms with Gasteiger partial charge in [-0.05, 0) is 38.5 Å². The molecular formula is C23H44O4. The third-order valence-corrected chi connectivity index (χ3v) is 5.06. The number of allylic oxidation sites excluding steroid dienone is 1. The van der Waals surface area contributed by atoms with E-state index in [1.807, 2.05) is 0 Å². The molecule has 0 radical (unpaired) electrons. The average molecular weight is 385 g/mol. The molecule has 0 saturated heterocycles. The van der Waals surface area contributed by atoms with Crippen molar-refractivity contribution < 1.29 is 20.1 Å². The van der Waals surface area contributed by atoms with E-state index in [2.05, 4.69) is 19.1 Å². The Bertz CT molecular complexity index is 354. The molecule has 0 aliphatic heterocycles. The van der Waals surface area contributed by atoms with Crippen LogP contribution in [0.1, 0.15) is 116 Å². The fraction of sp³-hybridized carbons (Fsp3) is 0.870. The van der Waals surface area contributed by atoms with Crippen molar-refractivity contribution in [1.82, 2.24) is 0 Å². The summed E-state index contributed by atoms with van der Waals surface area (Å²) >= 11 is 0. The zero-order valence-electron chi connectivity index (χ0n) is 17.6. The van der Waals surface area contributed by atoms with Gasteiger partial charge in [0.25, 0.3) is 0 Å². The molecule has 2 unspecified atom stereocenters. The highest BCUT2D eigenvalue weighted by Gasteiger charge is 2.08. The van der Waals surface area contributed by atoms with Crippen molar-refractivity contribution in [2.75, 3.05) is 0 Å². The lowest BCUT2D eigenvalue weighted by molar-refractivity contribution is -0.137. The number of carboxylic acid groups (broad SMARTS) is 1. The lowest BCUT2D eigenvalue weighted by Gasteiger charge is -2.13. The van der Waals surface area contributed by atoms with Crippen LogP contribution in [0.4, 0.5) is 0 Å². The fourth-order valence-electron chi connectivity index (χ4n) is 3.23. The number of rotatable bonds is 20. The monoisotopic (exact) mass is 384 g/mol. The van der Waals surface area contributed by atoms with Crippen molar-refractivity contribution in [3.63, 3.8) is 0 Å². The first kappa shape index (κ1) is 26.1. The molecule has 4 heteroatoms. The summed E-state index contributed by atoms with van der Waals surface area (Å²) in [5.74, 6) is -0.689. The molecule has 0 rings (SSSR count). The first-order valence-corrected chi connectivity index (χ1v) is 11.3. The van der Waals surface area contributed by atoms with Crippen LogP contribution < -0.4 is 0 Å². The zero-order chi connectivity index (χ0) is 20.2. The van der Waals surface area contributed by atoms with E-state index in [9.17, 15) is 15.0 Å². The molecule has 0 bridgehead atoms. The molecule has 0 heterocycles. The molecule has 0 aromatic rings. The van der Waals surface area contributed by atoms with E-state index in [1.54, 1.807) is 0 Å². The minimum atomic E-state index is -0.689. The third kappa shape index (κ3) is 21.3. The zero-order valence-corrected chi connectivity index (χ0v) is 17.6. The number of hydrogen-bond donors (Lipinski definition) is 3. The molecule has 0 spiro atoms. The number of aliphatic hydroxyl groups is 2. The van der Waals surface area contributed by atoms with Crippen LogP contribution in [0.5, 0.6) is 0 Å². The molecule has 0 aromatic heterocycles. The van der Waals surface area contributed by atoms with Crippen LogP contribution in [-0.4, -0.2) is 33.5 Å². The maximum atomic E-state index is 10.4. The van der Waals surface area contributed by atoms with Crippen LogP contribution in [0.15, 0.2) is 12.2 Å². The van der Waals surface area contributed by atoms with Crippen molar-refractivity contribution in [3.05, 3.63) is 12.2 Å². The van der Waals surface area contributed by atoms with E-state index in [1.165, 1.54) is 44.9 Å². The van der Waals surface area contributed by atoms with Crippen molar-refractivity contribution in [2.24, 2.45) is 0 Å². The largest absolute Gasteiger partial charge is 0.481 e. The molecule has 0 fully saturated rings. The molecule has 0 amide bonds. The SMILES string of the molecule is CCCCC=CCC(O)CCC(O)CCCCCCCCCCCC(=O)O. The van der Waals surface area contributed by atoms with E-state index in [0.717, 1.165) is 38.5 Å². The van der Waals surface area contributed by atoms with E-state index in [0.29, 0.717) is 25.7 Å². The predicted octanol–water partition coefficient (Wildman–Crippen LogP) is 6.00. The molecule has 160 valence electrons. The van der Waals surface area contributed by atoms with E-state index >= 15 is 0 Å². The van der Waals surface area contributed by atoms with E-state index in [-0.39, 0.29) is 12.2 Å². The van der Waals surface area contributed by atoms with Gasteiger partial charge in [0.2, 0.25) is 0 Å². The van der Waals surface area contributed by atoms with Crippen LogP contribution in [-0.2, 0) is 4.79 Å². The lowest BCUT2D eigenvalue weighted by Crippen LogP contribution is -2.12. The van der Waals surface area contributed by atoms with Crippen LogP contribution in [0.25, 0.3) is 0 Å². The normalized spacial score (nSPS) is 13.9.